The number of halogens is 3. The quantitative estimate of drug-likeness (QED) is 0.914. The molecule has 0 bridgehead atoms. The fourth-order valence-electron chi connectivity index (χ4n) is 3.29. The second-order valence-electron chi connectivity index (χ2n) is 5.75. The Balaban J connectivity index is 2.26. The Bertz CT molecular complexity index is 425. The van der Waals surface area contributed by atoms with E-state index in [1.807, 2.05) is 0 Å². The predicted molar refractivity (Wildman–Crippen MR) is 77.8 cm³/mol. The lowest BCUT2D eigenvalue weighted by Crippen LogP contribution is -2.47. The van der Waals surface area contributed by atoms with E-state index in [0.29, 0.717) is 12.1 Å². The van der Waals surface area contributed by atoms with Gasteiger partial charge in [-0.15, -0.1) is 0 Å². The fourth-order valence-corrected chi connectivity index (χ4v) is 3.29. The summed E-state index contributed by atoms with van der Waals surface area (Å²) in [5.41, 5.74) is 6.19. The van der Waals surface area contributed by atoms with Crippen LogP contribution in [0.5, 0.6) is 0 Å². The maximum atomic E-state index is 13.6. The van der Waals surface area contributed by atoms with E-state index < -0.39 is 12.2 Å². The smallest absolute Gasteiger partial charge is 0.328 e. The van der Waals surface area contributed by atoms with Crippen LogP contribution < -0.4 is 5.73 Å². The first-order valence-corrected chi connectivity index (χ1v) is 7.56. The molecule has 1 atom stereocenters. The number of rotatable bonds is 4. The molecular formula is C16H23F3N2. The lowest BCUT2D eigenvalue weighted by atomic mass is 9.89. The Morgan fingerprint density at radius 1 is 1.14 bits per heavy atom. The molecule has 1 saturated carbocycles. The molecule has 2 rings (SSSR count). The minimum Gasteiger partial charge on any atom is -0.328 e. The molecule has 0 spiro atoms. The maximum absolute atomic E-state index is 13.6. The Kier molecular flexibility index (Phi) is 5.27. The van der Waals surface area contributed by atoms with Crippen molar-refractivity contribution >= 4 is 0 Å². The summed E-state index contributed by atoms with van der Waals surface area (Å²) in [5, 5.41) is 0. The zero-order valence-corrected chi connectivity index (χ0v) is 12.3. The Labute approximate surface area is 124 Å². The third-order valence-corrected chi connectivity index (χ3v) is 4.33. The zero-order chi connectivity index (χ0) is 15.5. The van der Waals surface area contributed by atoms with Gasteiger partial charge in [-0.2, -0.15) is 13.2 Å². The molecule has 2 nitrogen and oxygen atoms in total. The Hall–Kier alpha value is -1.07. The average Bonchev–Trinajstić information content (AvgIpc) is 2.45. The second kappa shape index (κ2) is 6.79. The van der Waals surface area contributed by atoms with Gasteiger partial charge in [-0.3, -0.25) is 4.90 Å². The summed E-state index contributed by atoms with van der Waals surface area (Å²) in [5.74, 6) is 0. The molecule has 2 N–H and O–H groups in total. The summed E-state index contributed by atoms with van der Waals surface area (Å²) in [7, 11) is 0. The van der Waals surface area contributed by atoms with Gasteiger partial charge in [-0.25, -0.2) is 0 Å². The van der Waals surface area contributed by atoms with Crippen molar-refractivity contribution in [2.45, 2.75) is 56.9 Å². The van der Waals surface area contributed by atoms with Gasteiger partial charge in [0.2, 0.25) is 0 Å². The molecule has 1 unspecified atom stereocenters. The molecule has 0 aromatic heterocycles. The van der Waals surface area contributed by atoms with Crippen LogP contribution in [-0.2, 0) is 0 Å². The van der Waals surface area contributed by atoms with E-state index in [4.69, 9.17) is 5.73 Å². The van der Waals surface area contributed by atoms with Gasteiger partial charge in [0.15, 0.2) is 0 Å². The predicted octanol–water partition coefficient (Wildman–Crippen LogP) is 3.88. The number of hydrogen-bond donors (Lipinski definition) is 1. The molecule has 1 aromatic carbocycles. The van der Waals surface area contributed by atoms with Crippen LogP contribution in [0.25, 0.3) is 0 Å². The summed E-state index contributed by atoms with van der Waals surface area (Å²) in [6.45, 7) is 2.19. The fraction of sp³-hybridized carbons (Fsp3) is 0.625. The van der Waals surface area contributed by atoms with Crippen LogP contribution in [0.1, 0.15) is 44.2 Å². The van der Waals surface area contributed by atoms with Crippen molar-refractivity contribution in [3.8, 4) is 0 Å². The molecule has 5 heteroatoms. The minimum atomic E-state index is -4.27. The van der Waals surface area contributed by atoms with Crippen LogP contribution in [0, 0.1) is 0 Å². The van der Waals surface area contributed by atoms with Crippen molar-refractivity contribution in [3.63, 3.8) is 0 Å². The topological polar surface area (TPSA) is 29.3 Å². The minimum absolute atomic E-state index is 0.0402. The molecular weight excluding hydrogens is 277 g/mol. The normalized spacial score (nSPS) is 25.0. The number of nitrogens with zero attached hydrogens (tertiary/aromatic N) is 1. The summed E-state index contributed by atoms with van der Waals surface area (Å²) >= 11 is 0. The third-order valence-electron chi connectivity index (χ3n) is 4.33. The van der Waals surface area contributed by atoms with Crippen LogP contribution in [0.4, 0.5) is 13.2 Å². The van der Waals surface area contributed by atoms with E-state index in [1.54, 1.807) is 42.2 Å². The highest BCUT2D eigenvalue weighted by molar-refractivity contribution is 5.21. The number of alkyl halides is 3. The first-order chi connectivity index (χ1) is 9.93. The summed E-state index contributed by atoms with van der Waals surface area (Å²) in [6.07, 6.45) is -1.17. The molecule has 0 aliphatic heterocycles. The third kappa shape index (κ3) is 3.98. The second-order valence-corrected chi connectivity index (χ2v) is 5.75. The van der Waals surface area contributed by atoms with E-state index in [1.165, 1.54) is 0 Å². The van der Waals surface area contributed by atoms with Gasteiger partial charge in [0.25, 0.3) is 0 Å². The Morgan fingerprint density at radius 3 is 2.19 bits per heavy atom. The standard InChI is InChI=1S/C16H23F3N2/c1-2-21(14-10-8-13(20)9-11-14)15(16(17,18)19)12-6-4-3-5-7-12/h3-7,13-15H,2,8-11,20H2,1H3. The average molecular weight is 300 g/mol. The van der Waals surface area contributed by atoms with Gasteiger partial charge in [-0.1, -0.05) is 37.3 Å². The lowest BCUT2D eigenvalue weighted by Gasteiger charge is -2.41. The molecule has 21 heavy (non-hydrogen) atoms. The first kappa shape index (κ1) is 16.3. The van der Waals surface area contributed by atoms with Crippen molar-refractivity contribution in [3.05, 3.63) is 35.9 Å². The molecule has 0 heterocycles. The van der Waals surface area contributed by atoms with Crippen LogP contribution >= 0.6 is 0 Å². The molecule has 1 aliphatic rings. The van der Waals surface area contributed by atoms with Crippen molar-refractivity contribution < 1.29 is 13.2 Å². The molecule has 1 fully saturated rings. The summed E-state index contributed by atoms with van der Waals surface area (Å²) in [4.78, 5) is 1.60. The summed E-state index contributed by atoms with van der Waals surface area (Å²) < 4.78 is 40.8. The highest BCUT2D eigenvalue weighted by Gasteiger charge is 2.46. The van der Waals surface area contributed by atoms with Crippen molar-refractivity contribution in [2.75, 3.05) is 6.54 Å². The SMILES string of the molecule is CCN(C1CCC(N)CC1)C(c1ccccc1)C(F)(F)F. The van der Waals surface area contributed by atoms with Crippen LogP contribution in [0.3, 0.4) is 0 Å². The van der Waals surface area contributed by atoms with Gasteiger partial charge in [-0.05, 0) is 37.8 Å². The van der Waals surface area contributed by atoms with Crippen molar-refractivity contribution in [2.24, 2.45) is 5.73 Å². The van der Waals surface area contributed by atoms with Gasteiger partial charge in [0, 0.05) is 12.1 Å². The van der Waals surface area contributed by atoms with E-state index in [9.17, 15) is 13.2 Å². The Morgan fingerprint density at radius 2 is 1.71 bits per heavy atom. The van der Waals surface area contributed by atoms with Crippen molar-refractivity contribution in [1.29, 1.82) is 0 Å². The van der Waals surface area contributed by atoms with Crippen LogP contribution in [-0.4, -0.2) is 29.7 Å². The molecule has 0 saturated heterocycles. The lowest BCUT2D eigenvalue weighted by molar-refractivity contribution is -0.193. The van der Waals surface area contributed by atoms with Crippen molar-refractivity contribution in [1.82, 2.24) is 4.90 Å². The first-order valence-electron chi connectivity index (χ1n) is 7.56. The largest absolute Gasteiger partial charge is 0.408 e. The highest BCUT2D eigenvalue weighted by atomic mass is 19.4. The van der Waals surface area contributed by atoms with Gasteiger partial charge >= 0.3 is 6.18 Å². The number of benzene rings is 1. The van der Waals surface area contributed by atoms with Gasteiger partial charge in [0.05, 0.1) is 0 Å². The highest BCUT2D eigenvalue weighted by Crippen LogP contribution is 2.40. The van der Waals surface area contributed by atoms with Crippen LogP contribution in [0.15, 0.2) is 30.3 Å². The van der Waals surface area contributed by atoms with E-state index >= 15 is 0 Å². The molecule has 0 amide bonds. The molecule has 0 radical (unpaired) electrons. The number of nitrogens with two attached hydrogens (primary N) is 1. The monoisotopic (exact) mass is 300 g/mol. The number of hydrogen-bond acceptors (Lipinski definition) is 2. The van der Waals surface area contributed by atoms with E-state index in [-0.39, 0.29) is 12.1 Å². The molecule has 1 aliphatic carbocycles. The van der Waals surface area contributed by atoms with E-state index in [0.717, 1.165) is 25.7 Å². The molecule has 118 valence electrons. The van der Waals surface area contributed by atoms with Gasteiger partial charge in [0.1, 0.15) is 6.04 Å². The zero-order valence-electron chi connectivity index (χ0n) is 12.3. The van der Waals surface area contributed by atoms with Gasteiger partial charge < -0.3 is 5.73 Å². The molecule has 1 aromatic rings. The summed E-state index contributed by atoms with van der Waals surface area (Å²) in [6, 6.07) is 6.78. The maximum Gasteiger partial charge on any atom is 0.408 e. The van der Waals surface area contributed by atoms with Crippen LogP contribution in [0.2, 0.25) is 0 Å². The van der Waals surface area contributed by atoms with E-state index in [2.05, 4.69) is 0 Å².